The Bertz CT molecular complexity index is 413. The second kappa shape index (κ2) is 8.29. The number of morpholine rings is 1. The van der Waals surface area contributed by atoms with Crippen LogP contribution < -0.4 is 0 Å². The molecule has 0 N–H and O–H groups in total. The molecule has 0 aliphatic carbocycles. The van der Waals surface area contributed by atoms with Gasteiger partial charge in [0.05, 0.1) is 12.4 Å². The first kappa shape index (κ1) is 15.4. The lowest BCUT2D eigenvalue weighted by atomic mass is 10.2. The lowest BCUT2D eigenvalue weighted by molar-refractivity contribution is -0.147. The standard InChI is InChI=1S/C15H21NO3S/c1-20-12-15(17)19-11-14-10-16(7-8-18-14)9-13-5-3-2-4-6-13/h2-6,14H,7-12H2,1H3. The van der Waals surface area contributed by atoms with Gasteiger partial charge in [-0.15, -0.1) is 0 Å². The summed E-state index contributed by atoms with van der Waals surface area (Å²) in [6.45, 7) is 3.69. The summed E-state index contributed by atoms with van der Waals surface area (Å²) in [4.78, 5) is 13.7. The van der Waals surface area contributed by atoms with Gasteiger partial charge in [-0.3, -0.25) is 9.69 Å². The summed E-state index contributed by atoms with van der Waals surface area (Å²) < 4.78 is 10.9. The van der Waals surface area contributed by atoms with Crippen LogP contribution >= 0.6 is 11.8 Å². The number of hydrogen-bond donors (Lipinski definition) is 0. The predicted octanol–water partition coefficient (Wildman–Crippen LogP) is 1.79. The molecule has 1 fully saturated rings. The van der Waals surface area contributed by atoms with Gasteiger partial charge in [0, 0.05) is 19.6 Å². The molecular weight excluding hydrogens is 274 g/mol. The van der Waals surface area contributed by atoms with Gasteiger partial charge in [-0.2, -0.15) is 11.8 Å². The second-order valence-corrected chi connectivity index (χ2v) is 5.70. The summed E-state index contributed by atoms with van der Waals surface area (Å²) in [6.07, 6.45) is 1.87. The first-order valence-electron chi connectivity index (χ1n) is 6.80. The fourth-order valence-electron chi connectivity index (χ4n) is 2.21. The van der Waals surface area contributed by atoms with Crippen LogP contribution in [-0.2, 0) is 20.8 Å². The molecule has 0 spiro atoms. The molecule has 0 saturated carbocycles. The largest absolute Gasteiger partial charge is 0.462 e. The average Bonchev–Trinajstić information content (AvgIpc) is 2.47. The molecule has 1 saturated heterocycles. The zero-order valence-corrected chi connectivity index (χ0v) is 12.6. The zero-order valence-electron chi connectivity index (χ0n) is 11.8. The van der Waals surface area contributed by atoms with Crippen LogP contribution in [0, 0.1) is 0 Å². The number of thioether (sulfide) groups is 1. The van der Waals surface area contributed by atoms with Gasteiger partial charge in [0.15, 0.2) is 0 Å². The highest BCUT2D eigenvalue weighted by atomic mass is 32.2. The van der Waals surface area contributed by atoms with Crippen molar-refractivity contribution >= 4 is 17.7 Å². The smallest absolute Gasteiger partial charge is 0.315 e. The monoisotopic (exact) mass is 295 g/mol. The Balaban J connectivity index is 1.75. The van der Waals surface area contributed by atoms with E-state index in [0.29, 0.717) is 19.0 Å². The van der Waals surface area contributed by atoms with Crippen molar-refractivity contribution in [2.75, 3.05) is 38.3 Å². The van der Waals surface area contributed by atoms with Crippen LogP contribution in [0.4, 0.5) is 0 Å². The molecule has 0 radical (unpaired) electrons. The van der Waals surface area contributed by atoms with Gasteiger partial charge >= 0.3 is 5.97 Å². The van der Waals surface area contributed by atoms with E-state index in [0.717, 1.165) is 19.6 Å². The lowest BCUT2D eigenvalue weighted by Gasteiger charge is -2.32. The Morgan fingerprint density at radius 1 is 1.45 bits per heavy atom. The van der Waals surface area contributed by atoms with Crippen LogP contribution in [0.3, 0.4) is 0 Å². The molecule has 20 heavy (non-hydrogen) atoms. The Labute approximate surface area is 124 Å². The topological polar surface area (TPSA) is 38.8 Å². The fourth-order valence-corrected chi connectivity index (χ4v) is 2.53. The summed E-state index contributed by atoms with van der Waals surface area (Å²) in [6, 6.07) is 10.4. The van der Waals surface area contributed by atoms with E-state index in [1.807, 2.05) is 12.3 Å². The first-order chi connectivity index (χ1) is 9.78. The van der Waals surface area contributed by atoms with Gasteiger partial charge in [0.1, 0.15) is 12.7 Å². The molecule has 0 aromatic heterocycles. The predicted molar refractivity (Wildman–Crippen MR) is 80.8 cm³/mol. The molecule has 1 atom stereocenters. The third-order valence-electron chi connectivity index (χ3n) is 3.16. The Kier molecular flexibility index (Phi) is 6.36. The van der Waals surface area contributed by atoms with Crippen LogP contribution in [0.1, 0.15) is 5.56 Å². The van der Waals surface area contributed by atoms with Crippen LogP contribution in [0.15, 0.2) is 30.3 Å². The van der Waals surface area contributed by atoms with Crippen molar-refractivity contribution in [2.45, 2.75) is 12.6 Å². The minimum Gasteiger partial charge on any atom is -0.462 e. The number of esters is 1. The second-order valence-electron chi connectivity index (χ2n) is 4.83. The number of carbonyl (C=O) groups excluding carboxylic acids is 1. The van der Waals surface area contributed by atoms with Crippen molar-refractivity contribution in [3.05, 3.63) is 35.9 Å². The summed E-state index contributed by atoms with van der Waals surface area (Å²) in [5, 5.41) is 0. The van der Waals surface area contributed by atoms with E-state index in [9.17, 15) is 4.79 Å². The number of rotatable bonds is 6. The lowest BCUT2D eigenvalue weighted by Crippen LogP contribution is -2.44. The fraction of sp³-hybridized carbons (Fsp3) is 0.533. The molecule has 2 rings (SSSR count). The van der Waals surface area contributed by atoms with E-state index in [4.69, 9.17) is 9.47 Å². The van der Waals surface area contributed by atoms with Crippen molar-refractivity contribution in [1.29, 1.82) is 0 Å². The molecule has 110 valence electrons. The molecule has 0 bridgehead atoms. The molecule has 1 unspecified atom stereocenters. The van der Waals surface area contributed by atoms with Crippen molar-refractivity contribution < 1.29 is 14.3 Å². The van der Waals surface area contributed by atoms with E-state index < -0.39 is 0 Å². The van der Waals surface area contributed by atoms with Crippen LogP contribution in [0.2, 0.25) is 0 Å². The summed E-state index contributed by atoms with van der Waals surface area (Å²) >= 11 is 1.47. The molecule has 1 heterocycles. The quantitative estimate of drug-likeness (QED) is 0.748. The molecule has 5 heteroatoms. The maximum atomic E-state index is 11.3. The highest BCUT2D eigenvalue weighted by Gasteiger charge is 2.21. The SMILES string of the molecule is CSCC(=O)OCC1CN(Cc2ccccc2)CCO1. The average molecular weight is 295 g/mol. The Morgan fingerprint density at radius 2 is 2.25 bits per heavy atom. The van der Waals surface area contributed by atoms with Crippen molar-refractivity contribution in [3.63, 3.8) is 0 Å². The van der Waals surface area contributed by atoms with E-state index in [-0.39, 0.29) is 12.1 Å². The number of nitrogens with zero attached hydrogens (tertiary/aromatic N) is 1. The molecule has 0 amide bonds. The van der Waals surface area contributed by atoms with Gasteiger partial charge in [0.2, 0.25) is 0 Å². The van der Waals surface area contributed by atoms with Gasteiger partial charge in [-0.05, 0) is 11.8 Å². The molecule has 1 aromatic carbocycles. The van der Waals surface area contributed by atoms with E-state index >= 15 is 0 Å². The minimum atomic E-state index is -0.165. The molecule has 4 nitrogen and oxygen atoms in total. The van der Waals surface area contributed by atoms with E-state index in [1.165, 1.54) is 17.3 Å². The van der Waals surface area contributed by atoms with Gasteiger partial charge in [-0.25, -0.2) is 0 Å². The van der Waals surface area contributed by atoms with Crippen molar-refractivity contribution in [1.82, 2.24) is 4.90 Å². The maximum Gasteiger partial charge on any atom is 0.315 e. The Hall–Kier alpha value is -1.04. The number of ether oxygens (including phenoxy) is 2. The number of hydrogen-bond acceptors (Lipinski definition) is 5. The molecule has 1 aliphatic heterocycles. The normalized spacial score (nSPS) is 19.8. The first-order valence-corrected chi connectivity index (χ1v) is 8.20. The zero-order chi connectivity index (χ0) is 14.2. The van der Waals surface area contributed by atoms with E-state index in [1.54, 1.807) is 0 Å². The minimum absolute atomic E-state index is 0.0155. The highest BCUT2D eigenvalue weighted by Crippen LogP contribution is 2.11. The number of carbonyl (C=O) groups is 1. The van der Waals surface area contributed by atoms with E-state index in [2.05, 4.69) is 29.2 Å². The summed E-state index contributed by atoms with van der Waals surface area (Å²) in [5.74, 6) is 0.238. The third-order valence-corrected chi connectivity index (χ3v) is 3.69. The maximum absolute atomic E-state index is 11.3. The van der Waals surface area contributed by atoms with Crippen molar-refractivity contribution in [2.24, 2.45) is 0 Å². The highest BCUT2D eigenvalue weighted by molar-refractivity contribution is 7.99. The summed E-state index contributed by atoms with van der Waals surface area (Å²) in [5.41, 5.74) is 1.30. The van der Waals surface area contributed by atoms with Crippen LogP contribution in [0.25, 0.3) is 0 Å². The number of benzene rings is 1. The van der Waals surface area contributed by atoms with Crippen LogP contribution in [-0.4, -0.2) is 55.3 Å². The van der Waals surface area contributed by atoms with Gasteiger partial charge in [-0.1, -0.05) is 30.3 Å². The third kappa shape index (κ3) is 5.15. The van der Waals surface area contributed by atoms with Gasteiger partial charge < -0.3 is 9.47 Å². The molecule has 1 aliphatic rings. The van der Waals surface area contributed by atoms with Gasteiger partial charge in [0.25, 0.3) is 0 Å². The summed E-state index contributed by atoms with van der Waals surface area (Å²) in [7, 11) is 0. The van der Waals surface area contributed by atoms with Crippen LogP contribution in [0.5, 0.6) is 0 Å². The molecular formula is C15H21NO3S. The van der Waals surface area contributed by atoms with Crippen molar-refractivity contribution in [3.8, 4) is 0 Å². The molecule has 1 aromatic rings. The Morgan fingerprint density at radius 3 is 3.00 bits per heavy atom.